The van der Waals surface area contributed by atoms with Gasteiger partial charge in [0, 0.05) is 23.7 Å². The molecule has 1 aliphatic rings. The number of aryl methyl sites for hydroxylation is 1. The van der Waals surface area contributed by atoms with E-state index < -0.39 is 6.04 Å². The third-order valence-electron chi connectivity index (χ3n) is 6.09. The molecule has 2 heterocycles. The molecule has 1 amide bonds. The SMILES string of the molecule is Cc1cccnc1C(NC(=O)C1CCN(Cc2ccc(Cl)cc2)CC1)c1ccc(F)cc1. The topological polar surface area (TPSA) is 45.2 Å². The lowest BCUT2D eigenvalue weighted by Crippen LogP contribution is -2.41. The van der Waals surface area contributed by atoms with Gasteiger partial charge in [-0.1, -0.05) is 41.9 Å². The van der Waals surface area contributed by atoms with E-state index in [0.29, 0.717) is 0 Å². The van der Waals surface area contributed by atoms with Gasteiger partial charge >= 0.3 is 0 Å². The number of hydrogen-bond acceptors (Lipinski definition) is 3. The average molecular weight is 452 g/mol. The van der Waals surface area contributed by atoms with Crippen molar-refractivity contribution in [3.8, 4) is 0 Å². The Labute approximate surface area is 193 Å². The molecule has 1 saturated heterocycles. The van der Waals surface area contributed by atoms with Crippen molar-refractivity contribution < 1.29 is 9.18 Å². The summed E-state index contributed by atoms with van der Waals surface area (Å²) in [4.78, 5) is 20.1. The van der Waals surface area contributed by atoms with Crippen molar-refractivity contribution in [2.75, 3.05) is 13.1 Å². The highest BCUT2D eigenvalue weighted by molar-refractivity contribution is 6.30. The summed E-state index contributed by atoms with van der Waals surface area (Å²) < 4.78 is 13.5. The minimum Gasteiger partial charge on any atom is -0.343 e. The number of carbonyl (C=O) groups excluding carboxylic acids is 1. The number of nitrogens with one attached hydrogen (secondary N) is 1. The number of hydrogen-bond donors (Lipinski definition) is 1. The lowest BCUT2D eigenvalue weighted by Gasteiger charge is -2.32. The monoisotopic (exact) mass is 451 g/mol. The van der Waals surface area contributed by atoms with Crippen molar-refractivity contribution in [2.24, 2.45) is 5.92 Å². The molecule has 1 aromatic heterocycles. The van der Waals surface area contributed by atoms with Crippen LogP contribution in [0.5, 0.6) is 0 Å². The van der Waals surface area contributed by atoms with Gasteiger partial charge in [0.2, 0.25) is 5.91 Å². The Hall–Kier alpha value is -2.76. The van der Waals surface area contributed by atoms with Crippen LogP contribution in [0.3, 0.4) is 0 Å². The third-order valence-corrected chi connectivity index (χ3v) is 6.34. The molecule has 166 valence electrons. The van der Waals surface area contributed by atoms with E-state index in [9.17, 15) is 9.18 Å². The minimum atomic E-state index is -0.406. The number of benzene rings is 2. The van der Waals surface area contributed by atoms with E-state index in [0.717, 1.165) is 54.3 Å². The van der Waals surface area contributed by atoms with Gasteiger partial charge in [0.05, 0.1) is 11.7 Å². The van der Waals surface area contributed by atoms with E-state index in [1.165, 1.54) is 17.7 Å². The number of aromatic nitrogens is 1. The second-order valence-electron chi connectivity index (χ2n) is 8.38. The molecular formula is C26H27ClFN3O. The van der Waals surface area contributed by atoms with Crippen molar-refractivity contribution in [1.82, 2.24) is 15.2 Å². The van der Waals surface area contributed by atoms with Crippen LogP contribution in [0.2, 0.25) is 5.02 Å². The Balaban J connectivity index is 1.42. The van der Waals surface area contributed by atoms with Gasteiger partial charge in [-0.25, -0.2) is 4.39 Å². The van der Waals surface area contributed by atoms with Gasteiger partial charge in [-0.05, 0) is 79.9 Å². The second-order valence-corrected chi connectivity index (χ2v) is 8.81. The molecular weight excluding hydrogens is 425 g/mol. The van der Waals surface area contributed by atoms with Crippen LogP contribution in [-0.4, -0.2) is 28.9 Å². The van der Waals surface area contributed by atoms with Crippen molar-refractivity contribution in [1.29, 1.82) is 0 Å². The quantitative estimate of drug-likeness (QED) is 0.553. The largest absolute Gasteiger partial charge is 0.343 e. The summed E-state index contributed by atoms with van der Waals surface area (Å²) in [5.41, 5.74) is 3.81. The Kier molecular flexibility index (Phi) is 7.18. The zero-order valence-corrected chi connectivity index (χ0v) is 18.9. The van der Waals surface area contributed by atoms with E-state index >= 15 is 0 Å². The minimum absolute atomic E-state index is 0.0236. The molecule has 1 N–H and O–H groups in total. The highest BCUT2D eigenvalue weighted by Crippen LogP contribution is 2.26. The third kappa shape index (κ3) is 5.53. The first kappa shape index (κ1) is 22.4. The summed E-state index contributed by atoms with van der Waals surface area (Å²) in [6.07, 6.45) is 3.33. The highest BCUT2D eigenvalue weighted by atomic mass is 35.5. The molecule has 4 rings (SSSR count). The maximum Gasteiger partial charge on any atom is 0.224 e. The van der Waals surface area contributed by atoms with Crippen LogP contribution in [0.25, 0.3) is 0 Å². The molecule has 0 aliphatic carbocycles. The molecule has 4 nitrogen and oxygen atoms in total. The molecule has 1 fully saturated rings. The predicted molar refractivity (Wildman–Crippen MR) is 125 cm³/mol. The number of nitrogens with zero attached hydrogens (tertiary/aromatic N) is 2. The maximum atomic E-state index is 13.5. The number of likely N-dealkylation sites (tertiary alicyclic amines) is 1. The normalized spacial score (nSPS) is 16.0. The van der Waals surface area contributed by atoms with Gasteiger partial charge in [-0.3, -0.25) is 14.7 Å². The molecule has 1 aliphatic heterocycles. The van der Waals surface area contributed by atoms with E-state index in [4.69, 9.17) is 11.6 Å². The molecule has 1 atom stereocenters. The van der Waals surface area contributed by atoms with Gasteiger partial charge in [-0.2, -0.15) is 0 Å². The Bertz CT molecular complexity index is 1050. The smallest absolute Gasteiger partial charge is 0.224 e. The summed E-state index contributed by atoms with van der Waals surface area (Å²) in [7, 11) is 0. The second kappa shape index (κ2) is 10.2. The van der Waals surface area contributed by atoms with Gasteiger partial charge in [-0.15, -0.1) is 0 Å². The summed E-state index contributed by atoms with van der Waals surface area (Å²) >= 11 is 5.97. The number of piperidine rings is 1. The molecule has 6 heteroatoms. The van der Waals surface area contributed by atoms with Crippen molar-refractivity contribution in [2.45, 2.75) is 32.4 Å². The molecule has 32 heavy (non-hydrogen) atoms. The molecule has 2 aromatic carbocycles. The molecule has 0 spiro atoms. The summed E-state index contributed by atoms with van der Waals surface area (Å²) in [6.45, 7) is 4.56. The van der Waals surface area contributed by atoms with Crippen LogP contribution >= 0.6 is 11.6 Å². The van der Waals surface area contributed by atoms with Gasteiger partial charge < -0.3 is 5.32 Å². The number of pyridine rings is 1. The Morgan fingerprint density at radius 2 is 1.81 bits per heavy atom. The standard InChI is InChI=1S/C26H27ClFN3O/c1-18-3-2-14-29-24(18)25(20-6-10-23(28)11-7-20)30-26(32)21-12-15-31(16-13-21)17-19-4-8-22(27)9-5-19/h2-11,14,21,25H,12-13,15-17H2,1H3,(H,30,32). The molecule has 0 saturated carbocycles. The fraction of sp³-hybridized carbons (Fsp3) is 0.308. The van der Waals surface area contributed by atoms with Crippen LogP contribution in [-0.2, 0) is 11.3 Å². The zero-order chi connectivity index (χ0) is 22.5. The zero-order valence-electron chi connectivity index (χ0n) is 18.1. The van der Waals surface area contributed by atoms with Crippen molar-refractivity contribution in [3.63, 3.8) is 0 Å². The van der Waals surface area contributed by atoms with Gasteiger partial charge in [0.1, 0.15) is 5.82 Å². The van der Waals surface area contributed by atoms with Crippen LogP contribution in [0.15, 0.2) is 66.9 Å². The Morgan fingerprint density at radius 3 is 2.47 bits per heavy atom. The average Bonchev–Trinajstić information content (AvgIpc) is 2.81. The predicted octanol–water partition coefficient (Wildman–Crippen LogP) is 5.30. The number of rotatable bonds is 6. The number of carbonyl (C=O) groups is 1. The van der Waals surface area contributed by atoms with Crippen LogP contribution < -0.4 is 5.32 Å². The number of amides is 1. The van der Waals surface area contributed by atoms with Crippen molar-refractivity contribution in [3.05, 3.63) is 100 Å². The van der Waals surface area contributed by atoms with Crippen LogP contribution in [0, 0.1) is 18.7 Å². The first-order valence-electron chi connectivity index (χ1n) is 10.9. The van der Waals surface area contributed by atoms with Crippen LogP contribution in [0.1, 0.15) is 41.3 Å². The molecule has 0 bridgehead atoms. The van der Waals surface area contributed by atoms with E-state index in [2.05, 4.69) is 15.2 Å². The van der Waals surface area contributed by atoms with Crippen molar-refractivity contribution >= 4 is 17.5 Å². The van der Waals surface area contributed by atoms with Gasteiger partial charge in [0.25, 0.3) is 0 Å². The lowest BCUT2D eigenvalue weighted by atomic mass is 9.93. The van der Waals surface area contributed by atoms with E-state index in [1.807, 2.05) is 43.3 Å². The molecule has 1 unspecified atom stereocenters. The van der Waals surface area contributed by atoms with E-state index in [-0.39, 0.29) is 17.6 Å². The maximum absolute atomic E-state index is 13.5. The molecule has 3 aromatic rings. The highest BCUT2D eigenvalue weighted by Gasteiger charge is 2.28. The fourth-order valence-electron chi connectivity index (χ4n) is 4.23. The summed E-state index contributed by atoms with van der Waals surface area (Å²) in [5.74, 6) is -0.330. The van der Waals surface area contributed by atoms with E-state index in [1.54, 1.807) is 18.3 Å². The van der Waals surface area contributed by atoms with Crippen LogP contribution in [0.4, 0.5) is 4.39 Å². The fourth-order valence-corrected chi connectivity index (χ4v) is 4.35. The lowest BCUT2D eigenvalue weighted by molar-refractivity contribution is -0.127. The number of halogens is 2. The first-order chi connectivity index (χ1) is 15.5. The first-order valence-corrected chi connectivity index (χ1v) is 11.3. The van der Waals surface area contributed by atoms with Gasteiger partial charge in [0.15, 0.2) is 0 Å². The summed E-state index contributed by atoms with van der Waals surface area (Å²) in [6, 6.07) is 17.6. The summed E-state index contributed by atoms with van der Waals surface area (Å²) in [5, 5.41) is 3.93. The molecule has 0 radical (unpaired) electrons. The Morgan fingerprint density at radius 1 is 1.12 bits per heavy atom.